The molecule has 136 valence electrons. The van der Waals surface area contributed by atoms with Gasteiger partial charge in [0.15, 0.2) is 0 Å². The summed E-state index contributed by atoms with van der Waals surface area (Å²) < 4.78 is 40.0. The zero-order valence-electron chi connectivity index (χ0n) is 14.3. The van der Waals surface area contributed by atoms with Gasteiger partial charge in [-0.2, -0.15) is 13.2 Å². The van der Waals surface area contributed by atoms with Crippen LogP contribution >= 0.6 is 0 Å². The predicted molar refractivity (Wildman–Crippen MR) is 90.8 cm³/mol. The zero-order valence-corrected chi connectivity index (χ0v) is 14.3. The van der Waals surface area contributed by atoms with E-state index in [-0.39, 0.29) is 0 Å². The van der Waals surface area contributed by atoms with Crippen molar-refractivity contribution in [1.82, 2.24) is 14.5 Å². The lowest BCUT2D eigenvalue weighted by Crippen LogP contribution is -2.32. The molecule has 7 heteroatoms. The first-order valence-electron chi connectivity index (χ1n) is 7.89. The second-order valence-corrected chi connectivity index (χ2v) is 6.18. The van der Waals surface area contributed by atoms with E-state index in [1.165, 1.54) is 24.5 Å². The van der Waals surface area contributed by atoms with Crippen molar-refractivity contribution in [3.8, 4) is 0 Å². The minimum atomic E-state index is -4.42. The van der Waals surface area contributed by atoms with E-state index in [2.05, 4.69) is 11.6 Å². The van der Waals surface area contributed by atoms with E-state index in [1.54, 1.807) is 10.8 Å². The second kappa shape index (κ2) is 7.41. The van der Waals surface area contributed by atoms with Crippen LogP contribution < -0.4 is 0 Å². The maximum absolute atomic E-state index is 12.8. The molecule has 0 aliphatic carbocycles. The van der Waals surface area contributed by atoms with E-state index >= 15 is 0 Å². The third-order valence-electron chi connectivity index (χ3n) is 4.07. The van der Waals surface area contributed by atoms with Crippen molar-refractivity contribution in [2.45, 2.75) is 24.6 Å². The highest BCUT2D eigenvalue weighted by Gasteiger charge is 2.37. The van der Waals surface area contributed by atoms with E-state index in [4.69, 9.17) is 0 Å². The first-order chi connectivity index (χ1) is 11.7. The highest BCUT2D eigenvalue weighted by Crippen LogP contribution is 2.36. The zero-order chi connectivity index (χ0) is 18.7. The molecular formula is C18H22F3N3O. The first kappa shape index (κ1) is 19.2. The Hall–Kier alpha value is -2.12. The van der Waals surface area contributed by atoms with Crippen molar-refractivity contribution >= 4 is 6.20 Å². The van der Waals surface area contributed by atoms with Crippen LogP contribution in [-0.4, -0.2) is 40.2 Å². The Balaban J connectivity index is 2.42. The predicted octanol–water partition coefficient (Wildman–Crippen LogP) is 3.58. The average molecular weight is 353 g/mol. The molecular weight excluding hydrogens is 331 g/mol. The summed E-state index contributed by atoms with van der Waals surface area (Å²) in [5, 5.41) is 11.3. The van der Waals surface area contributed by atoms with Gasteiger partial charge in [0, 0.05) is 18.6 Å². The highest BCUT2D eigenvalue weighted by atomic mass is 19.4. The standard InChI is InChI=1S/C18H22F3N3O/c1-4-24-13-11-22-16(24)17(25,10-5-12-23(2)3)14-6-8-15(9-7-14)18(19,20)21/h4,6-9,11,13,25H,1,5,10,12H2,2-3H3. The molecule has 0 bridgehead atoms. The molecule has 2 aromatic rings. The molecule has 0 aliphatic rings. The molecule has 0 saturated carbocycles. The number of benzene rings is 1. The Morgan fingerprint density at radius 3 is 2.32 bits per heavy atom. The number of alkyl halides is 3. The van der Waals surface area contributed by atoms with E-state index in [0.717, 1.165) is 18.7 Å². The van der Waals surface area contributed by atoms with Crippen LogP contribution in [0, 0.1) is 0 Å². The maximum Gasteiger partial charge on any atom is 0.416 e. The molecule has 0 fully saturated rings. The van der Waals surface area contributed by atoms with Crippen LogP contribution in [0.3, 0.4) is 0 Å². The second-order valence-electron chi connectivity index (χ2n) is 6.18. The third-order valence-corrected chi connectivity index (χ3v) is 4.07. The molecule has 1 aromatic carbocycles. The van der Waals surface area contributed by atoms with E-state index in [1.807, 2.05) is 19.0 Å². The molecule has 0 amide bonds. The monoisotopic (exact) mass is 353 g/mol. The fourth-order valence-corrected chi connectivity index (χ4v) is 2.75. The molecule has 0 saturated heterocycles. The Labute approximate surface area is 145 Å². The van der Waals surface area contributed by atoms with Crippen LogP contribution in [0.2, 0.25) is 0 Å². The van der Waals surface area contributed by atoms with Crippen LogP contribution in [0.25, 0.3) is 6.20 Å². The lowest BCUT2D eigenvalue weighted by molar-refractivity contribution is -0.137. The van der Waals surface area contributed by atoms with E-state index in [0.29, 0.717) is 24.2 Å². The summed E-state index contributed by atoms with van der Waals surface area (Å²) in [6, 6.07) is 4.57. The summed E-state index contributed by atoms with van der Waals surface area (Å²) in [6.45, 7) is 4.41. The molecule has 4 nitrogen and oxygen atoms in total. The van der Waals surface area contributed by atoms with Crippen LogP contribution in [0.15, 0.2) is 43.2 Å². The first-order valence-corrected chi connectivity index (χ1v) is 7.89. The van der Waals surface area contributed by atoms with Crippen molar-refractivity contribution in [1.29, 1.82) is 0 Å². The molecule has 1 N–H and O–H groups in total. The maximum atomic E-state index is 12.8. The topological polar surface area (TPSA) is 41.3 Å². The van der Waals surface area contributed by atoms with Gasteiger partial charge in [-0.05, 0) is 51.2 Å². The van der Waals surface area contributed by atoms with Crippen LogP contribution in [0.5, 0.6) is 0 Å². The Morgan fingerprint density at radius 2 is 1.80 bits per heavy atom. The molecule has 0 spiro atoms. The molecule has 0 radical (unpaired) electrons. The molecule has 2 rings (SSSR count). The molecule has 1 unspecified atom stereocenters. The Bertz CT molecular complexity index is 707. The quantitative estimate of drug-likeness (QED) is 0.827. The molecule has 0 aliphatic heterocycles. The van der Waals surface area contributed by atoms with Gasteiger partial charge < -0.3 is 14.6 Å². The van der Waals surface area contributed by atoms with Crippen LogP contribution in [0.1, 0.15) is 29.8 Å². The van der Waals surface area contributed by atoms with E-state index in [9.17, 15) is 18.3 Å². The number of aromatic nitrogens is 2. The van der Waals surface area contributed by atoms with Crippen molar-refractivity contribution < 1.29 is 18.3 Å². The summed E-state index contributed by atoms with van der Waals surface area (Å²) in [7, 11) is 3.84. The van der Waals surface area contributed by atoms with Gasteiger partial charge in [-0.25, -0.2) is 4.98 Å². The minimum absolute atomic E-state index is 0.321. The average Bonchev–Trinajstić information content (AvgIpc) is 3.03. The van der Waals surface area contributed by atoms with Gasteiger partial charge in [-0.15, -0.1) is 0 Å². The number of hydrogen-bond acceptors (Lipinski definition) is 3. The lowest BCUT2D eigenvalue weighted by atomic mass is 9.87. The van der Waals surface area contributed by atoms with Gasteiger partial charge in [0.1, 0.15) is 11.4 Å². The van der Waals surface area contributed by atoms with Crippen LogP contribution in [-0.2, 0) is 11.8 Å². The van der Waals surface area contributed by atoms with Gasteiger partial charge in [0.25, 0.3) is 0 Å². The lowest BCUT2D eigenvalue weighted by Gasteiger charge is -2.29. The minimum Gasteiger partial charge on any atom is -0.377 e. The fraction of sp³-hybridized carbons (Fsp3) is 0.389. The van der Waals surface area contributed by atoms with Crippen molar-refractivity contribution in [2.24, 2.45) is 0 Å². The molecule has 1 heterocycles. The number of rotatable bonds is 7. The van der Waals surface area contributed by atoms with Gasteiger partial charge in [0.2, 0.25) is 0 Å². The van der Waals surface area contributed by atoms with Crippen molar-refractivity contribution in [2.75, 3.05) is 20.6 Å². The molecule has 1 atom stereocenters. The summed E-state index contributed by atoms with van der Waals surface area (Å²) >= 11 is 0. The van der Waals surface area contributed by atoms with Crippen molar-refractivity contribution in [3.05, 3.63) is 60.2 Å². The fourth-order valence-electron chi connectivity index (χ4n) is 2.75. The number of halogens is 3. The number of aliphatic hydroxyl groups is 1. The van der Waals surface area contributed by atoms with Gasteiger partial charge in [-0.3, -0.25) is 0 Å². The number of imidazole rings is 1. The smallest absolute Gasteiger partial charge is 0.377 e. The van der Waals surface area contributed by atoms with Crippen molar-refractivity contribution in [3.63, 3.8) is 0 Å². The highest BCUT2D eigenvalue weighted by molar-refractivity contribution is 5.36. The van der Waals surface area contributed by atoms with Gasteiger partial charge >= 0.3 is 6.18 Å². The Kier molecular flexibility index (Phi) is 5.69. The largest absolute Gasteiger partial charge is 0.416 e. The number of hydrogen-bond donors (Lipinski definition) is 1. The van der Waals surface area contributed by atoms with E-state index < -0.39 is 17.3 Å². The summed E-state index contributed by atoms with van der Waals surface area (Å²) in [5.74, 6) is 0.334. The van der Waals surface area contributed by atoms with Gasteiger partial charge in [0.05, 0.1) is 5.56 Å². The SMILES string of the molecule is C=Cn1ccnc1C(O)(CCCN(C)C)c1ccc(C(F)(F)F)cc1. The number of nitrogens with zero attached hydrogens (tertiary/aromatic N) is 3. The summed E-state index contributed by atoms with van der Waals surface area (Å²) in [6.07, 6.45) is 1.22. The third kappa shape index (κ3) is 4.29. The Morgan fingerprint density at radius 1 is 1.20 bits per heavy atom. The molecule has 1 aromatic heterocycles. The normalized spacial score (nSPS) is 14.5. The molecule has 25 heavy (non-hydrogen) atoms. The summed E-state index contributed by atoms with van der Waals surface area (Å²) in [4.78, 5) is 6.19. The summed E-state index contributed by atoms with van der Waals surface area (Å²) in [5.41, 5.74) is -1.88. The van der Waals surface area contributed by atoms with Gasteiger partial charge in [-0.1, -0.05) is 18.7 Å². The van der Waals surface area contributed by atoms with Crippen LogP contribution in [0.4, 0.5) is 13.2 Å².